The molecule has 0 aliphatic carbocycles. The standard InChI is InChI=1S/C84H146N18O23/c1-18-20-21-22-23-24-50(103)40-66(108)89-56(35-42(3)4)76(116)94-55(29-34-67(109)110)71(111)90-53(27-32-64(87)106)74(114)100-68(47(13)14)82(122)97-59(38-45(9)10)79(119)92-52(26-31-63(86)105)73(113)99-61-41-125-84(124)70(49(17)19-2)102-75(115)54(28-33-65(88)107)93-77(117)57(36-43(5)6)95-72(112)51(25-30-62(85)104)91-78(118)58(37-44(7)8)96-80(120)60(39-46(11)12)98-83(123)69(48(15)16)101-81(61)121/h42-61,68-70,103H,18-41H2,1-17H3,(H2,85,104)(H2,86,105)(H2,87,106)(H2,88,107)(H,89,108)(H,90,111)(H,91,118)(H,92,119)(H,93,117)(H,94,116)(H,95,112)(H,96,120)(H,97,122)(H,98,123)(H,99,113)(H,100,114)(H,101,121)(H,102,115)(H,109,110)/t49?,50?,51?,52-,53-,54?,55-,56-,57?,58?,59-,60?,61?,68-,69?,70?/m0/s1. The molecule has 0 aromatic rings. The molecule has 1 saturated heterocycles. The van der Waals surface area contributed by atoms with Gasteiger partial charge in [0.25, 0.3) is 0 Å². The van der Waals surface area contributed by atoms with Gasteiger partial charge in [-0.25, -0.2) is 4.79 Å². The number of amides is 18. The van der Waals surface area contributed by atoms with E-state index in [1.54, 1.807) is 76.2 Å². The lowest BCUT2D eigenvalue weighted by Gasteiger charge is -2.30. The number of unbranched alkanes of at least 4 members (excludes halogenated alkanes) is 4. The Balaban J connectivity index is 4.23. The second kappa shape index (κ2) is 57.8. The van der Waals surface area contributed by atoms with Crippen molar-refractivity contribution in [3.05, 3.63) is 0 Å². The first kappa shape index (κ1) is 112. The molecule has 0 radical (unpaired) electrons. The van der Waals surface area contributed by atoms with Crippen molar-refractivity contribution >= 4 is 118 Å². The molecule has 10 unspecified atom stereocenters. The van der Waals surface area contributed by atoms with Crippen molar-refractivity contribution in [2.45, 2.75) is 356 Å². The van der Waals surface area contributed by atoms with Crippen molar-refractivity contribution in [3.63, 3.8) is 0 Å². The monoisotopic (exact) mass is 1780 g/mol. The second-order valence-corrected chi connectivity index (χ2v) is 35.4. The fourth-order valence-electron chi connectivity index (χ4n) is 13.5. The normalized spacial score (nSPS) is 20.6. The number of carbonyl (C=O) groups is 20. The summed E-state index contributed by atoms with van der Waals surface area (Å²) in [5.41, 5.74) is 22.2. The van der Waals surface area contributed by atoms with Gasteiger partial charge in [-0.2, -0.15) is 0 Å². The van der Waals surface area contributed by atoms with E-state index in [4.69, 9.17) is 27.7 Å². The summed E-state index contributed by atoms with van der Waals surface area (Å²) in [6.07, 6.45) is -2.30. The quantitative estimate of drug-likeness (QED) is 0.0255. The number of nitrogens with two attached hydrogens (primary N) is 4. The van der Waals surface area contributed by atoms with Crippen molar-refractivity contribution < 1.29 is 111 Å². The predicted molar refractivity (Wildman–Crippen MR) is 459 cm³/mol. The largest absolute Gasteiger partial charge is 0.481 e. The summed E-state index contributed by atoms with van der Waals surface area (Å²) in [4.78, 5) is 280. The van der Waals surface area contributed by atoms with Gasteiger partial charge in [-0.15, -0.1) is 0 Å². The van der Waals surface area contributed by atoms with Crippen molar-refractivity contribution in [2.24, 2.45) is 70.3 Å². The highest BCUT2D eigenvalue weighted by Gasteiger charge is 2.42. The van der Waals surface area contributed by atoms with Crippen LogP contribution in [0.15, 0.2) is 0 Å². The third kappa shape index (κ3) is 45.2. The minimum Gasteiger partial charge on any atom is -0.481 e. The average Bonchev–Trinajstić information content (AvgIpc) is 1.13. The SMILES string of the molecule is CCCCCCCC(O)CC(=O)N[C@@H](CC(C)C)C(=O)N[C@@H](CCC(=O)O)C(=O)N[C@@H](CCC(N)=O)C(=O)N[C@H](C(=O)N[C@@H](CC(C)C)C(=O)N[C@@H](CCC(N)=O)C(=O)NC1COC(=O)C(C(C)CC)NC(=O)C(CCC(N)=O)NC(=O)C(CC(C)C)NC(=O)C(CCC(N)=O)NC(=O)C(CC(C)C)NC(=O)C(CC(C)C)NC(=O)C(C(C)C)NC1=O)C(C)C. The Morgan fingerprint density at radius 2 is 0.768 bits per heavy atom. The van der Waals surface area contributed by atoms with E-state index in [1.807, 2.05) is 0 Å². The lowest BCUT2D eigenvalue weighted by Crippen LogP contribution is -2.62. The molecule has 0 bridgehead atoms. The number of aliphatic hydroxyl groups is 1. The van der Waals surface area contributed by atoms with Crippen molar-refractivity contribution in [2.75, 3.05) is 6.61 Å². The van der Waals surface area contributed by atoms with Gasteiger partial charge >= 0.3 is 11.9 Å². The number of primary amides is 4. The number of aliphatic hydroxyl groups excluding tert-OH is 1. The topological polar surface area (TPSA) is 664 Å². The number of ether oxygens (including phenoxy) is 1. The Bertz CT molecular complexity index is 3630. The number of carboxylic acid groups (broad SMARTS) is 1. The maximum atomic E-state index is 15.1. The number of carbonyl (C=O) groups excluding carboxylic acids is 19. The van der Waals surface area contributed by atoms with Gasteiger partial charge < -0.3 is 112 Å². The van der Waals surface area contributed by atoms with Crippen LogP contribution in [-0.2, 0) is 101 Å². The van der Waals surface area contributed by atoms with E-state index >= 15 is 9.59 Å². The molecule has 1 aliphatic rings. The molecule has 1 fully saturated rings. The zero-order chi connectivity index (χ0) is 95.4. The fourth-order valence-corrected chi connectivity index (χ4v) is 13.5. The number of nitrogens with one attached hydrogen (secondary N) is 14. The number of esters is 1. The summed E-state index contributed by atoms with van der Waals surface area (Å²) in [5.74, 6) is -25.1. The molecule has 0 aromatic heterocycles. The summed E-state index contributed by atoms with van der Waals surface area (Å²) in [6.45, 7) is 27.2. The lowest BCUT2D eigenvalue weighted by molar-refractivity contribution is -0.152. The third-order valence-electron chi connectivity index (χ3n) is 20.6. The van der Waals surface area contributed by atoms with Gasteiger partial charge in [-0.05, 0) is 118 Å². The van der Waals surface area contributed by atoms with Crippen molar-refractivity contribution in [3.8, 4) is 0 Å². The summed E-state index contributed by atoms with van der Waals surface area (Å²) in [7, 11) is 0. The minimum absolute atomic E-state index is 0.0351. The Hall–Kier alpha value is -10.6. The first-order valence-corrected chi connectivity index (χ1v) is 43.7. The molecule has 710 valence electrons. The van der Waals surface area contributed by atoms with Crippen LogP contribution in [0.4, 0.5) is 0 Å². The molecular weight excluding hydrogens is 1630 g/mol. The van der Waals surface area contributed by atoms with E-state index in [1.165, 1.54) is 34.6 Å². The van der Waals surface area contributed by atoms with Gasteiger partial charge in [0, 0.05) is 32.1 Å². The Morgan fingerprint density at radius 1 is 0.400 bits per heavy atom. The van der Waals surface area contributed by atoms with Crippen LogP contribution in [0.25, 0.3) is 0 Å². The van der Waals surface area contributed by atoms with Crippen LogP contribution in [-0.4, -0.2) is 226 Å². The maximum absolute atomic E-state index is 15.1. The Kier molecular flexibility index (Phi) is 52.0. The van der Waals surface area contributed by atoms with Crippen molar-refractivity contribution in [1.82, 2.24) is 74.4 Å². The molecule has 41 nitrogen and oxygen atoms in total. The van der Waals surface area contributed by atoms with Crippen LogP contribution < -0.4 is 97.4 Å². The molecular formula is C84H146N18O23. The van der Waals surface area contributed by atoms with Crippen LogP contribution in [0, 0.1) is 47.3 Å². The molecule has 125 heavy (non-hydrogen) atoms. The Labute approximate surface area is 733 Å². The molecule has 0 saturated carbocycles. The molecule has 0 aromatic carbocycles. The van der Waals surface area contributed by atoms with Gasteiger partial charge in [0.15, 0.2) is 0 Å². The maximum Gasteiger partial charge on any atom is 0.329 e. The van der Waals surface area contributed by atoms with E-state index in [2.05, 4.69) is 81.4 Å². The van der Waals surface area contributed by atoms with E-state index in [9.17, 15) is 96.5 Å². The molecule has 1 rings (SSSR count). The van der Waals surface area contributed by atoms with Gasteiger partial charge in [-0.3, -0.25) is 91.1 Å². The van der Waals surface area contributed by atoms with E-state index in [-0.39, 0.29) is 68.6 Å². The van der Waals surface area contributed by atoms with Crippen LogP contribution in [0.5, 0.6) is 0 Å². The summed E-state index contributed by atoms with van der Waals surface area (Å²) >= 11 is 0. The van der Waals surface area contributed by atoms with E-state index < -0.39 is 303 Å². The highest BCUT2D eigenvalue weighted by molar-refractivity contribution is 6.01. The van der Waals surface area contributed by atoms with Gasteiger partial charge in [0.05, 0.1) is 12.5 Å². The van der Waals surface area contributed by atoms with Gasteiger partial charge in [0.2, 0.25) is 106 Å². The number of aliphatic carboxylic acids is 1. The molecule has 41 heteroatoms. The van der Waals surface area contributed by atoms with Gasteiger partial charge in [0.1, 0.15) is 91.2 Å². The third-order valence-corrected chi connectivity index (χ3v) is 20.6. The molecule has 24 N–H and O–H groups in total. The predicted octanol–water partition coefficient (Wildman–Crippen LogP) is -1.04. The summed E-state index contributed by atoms with van der Waals surface area (Å²) in [6, 6.07) is -22.9. The van der Waals surface area contributed by atoms with Crippen LogP contribution in [0.1, 0.15) is 265 Å². The first-order valence-electron chi connectivity index (χ1n) is 43.7. The van der Waals surface area contributed by atoms with E-state index in [0.29, 0.717) is 12.8 Å². The number of hydrogen-bond donors (Lipinski definition) is 20. The highest BCUT2D eigenvalue weighted by Crippen LogP contribution is 2.20. The molecule has 0 spiro atoms. The average molecular weight is 1780 g/mol. The van der Waals surface area contributed by atoms with E-state index in [0.717, 1.165) is 25.7 Å². The molecule has 16 atom stereocenters. The highest BCUT2D eigenvalue weighted by atomic mass is 16.5. The van der Waals surface area contributed by atoms with Crippen LogP contribution >= 0.6 is 0 Å². The number of cyclic esters (lactones) is 1. The van der Waals surface area contributed by atoms with Crippen LogP contribution in [0.2, 0.25) is 0 Å². The zero-order valence-electron chi connectivity index (χ0n) is 76.0. The lowest BCUT2D eigenvalue weighted by atomic mass is 9.98. The fraction of sp³-hybridized carbons (Fsp3) is 0.762. The first-order chi connectivity index (χ1) is 58.3. The summed E-state index contributed by atoms with van der Waals surface area (Å²) in [5, 5.41) is 56.1. The van der Waals surface area contributed by atoms with Crippen molar-refractivity contribution in [1.29, 1.82) is 0 Å². The number of hydrogen-bond acceptors (Lipinski definition) is 22. The minimum atomic E-state index is -2.10. The smallest absolute Gasteiger partial charge is 0.329 e. The number of carboxylic acids is 1. The molecule has 1 aliphatic heterocycles. The van der Waals surface area contributed by atoms with Crippen LogP contribution in [0.3, 0.4) is 0 Å². The molecule has 18 amide bonds. The number of rotatable bonds is 50. The zero-order valence-corrected chi connectivity index (χ0v) is 76.0. The second-order valence-electron chi connectivity index (χ2n) is 35.4. The Morgan fingerprint density at radius 3 is 1.17 bits per heavy atom. The summed E-state index contributed by atoms with van der Waals surface area (Å²) < 4.78 is 5.79. The molecule has 1 heterocycles. The van der Waals surface area contributed by atoms with Gasteiger partial charge in [-0.1, -0.05) is 156 Å².